The largest absolute Gasteiger partial charge is 0.388 e. The Balaban J connectivity index is 2.30. The number of likely N-dealkylation sites (tertiary alicyclic amines) is 1. The summed E-state index contributed by atoms with van der Waals surface area (Å²) in [6, 6.07) is 5.59. The van der Waals surface area contributed by atoms with Crippen LogP contribution in [0.5, 0.6) is 0 Å². The van der Waals surface area contributed by atoms with E-state index in [1.807, 2.05) is 19.1 Å². The van der Waals surface area contributed by atoms with Gasteiger partial charge in [-0.05, 0) is 38.0 Å². The molecule has 1 aliphatic heterocycles. The number of nitrogens with zero attached hydrogens (tertiary/aromatic N) is 1. The predicted molar refractivity (Wildman–Crippen MR) is 78.3 cm³/mol. The van der Waals surface area contributed by atoms with Crippen LogP contribution in [-0.4, -0.2) is 41.1 Å². The molecule has 1 aromatic rings. The highest BCUT2D eigenvalue weighted by molar-refractivity contribution is 5.97. The average Bonchev–Trinajstić information content (AvgIpc) is 2.76. The second kappa shape index (κ2) is 5.66. The van der Waals surface area contributed by atoms with Gasteiger partial charge in [-0.15, -0.1) is 0 Å². The van der Waals surface area contributed by atoms with Crippen LogP contribution in [0, 0.1) is 18.8 Å². The molecule has 106 valence electrons. The smallest absolute Gasteiger partial charge is 0.255 e. The Bertz CT molecular complexity index is 582. The van der Waals surface area contributed by atoms with E-state index in [0.717, 1.165) is 5.56 Å². The average molecular weight is 272 g/mol. The number of aliphatic hydroxyl groups is 1. The molecule has 0 aliphatic carbocycles. The third-order valence-corrected chi connectivity index (χ3v) is 3.47. The van der Waals surface area contributed by atoms with E-state index in [2.05, 4.69) is 11.8 Å². The number of benzene rings is 1. The van der Waals surface area contributed by atoms with Crippen molar-refractivity contribution in [3.8, 4) is 11.8 Å². The highest BCUT2D eigenvalue weighted by Crippen LogP contribution is 2.23. The fourth-order valence-electron chi connectivity index (χ4n) is 2.38. The molecule has 1 atom stereocenters. The van der Waals surface area contributed by atoms with Gasteiger partial charge in [0, 0.05) is 18.7 Å². The highest BCUT2D eigenvalue weighted by atomic mass is 16.3. The van der Waals surface area contributed by atoms with Crippen LogP contribution in [0.25, 0.3) is 0 Å². The second-order valence-corrected chi connectivity index (χ2v) is 5.53. The summed E-state index contributed by atoms with van der Waals surface area (Å²) in [5, 5.41) is 9.98. The lowest BCUT2D eigenvalue weighted by Gasteiger charge is -2.19. The number of carbonyl (C=O) groups is 1. The zero-order chi connectivity index (χ0) is 14.8. The van der Waals surface area contributed by atoms with Crippen LogP contribution >= 0.6 is 0 Å². The molecule has 0 saturated carbocycles. The Morgan fingerprint density at radius 3 is 2.90 bits per heavy atom. The molecule has 20 heavy (non-hydrogen) atoms. The Hall–Kier alpha value is -1.83. The first-order valence-corrected chi connectivity index (χ1v) is 6.74. The summed E-state index contributed by atoms with van der Waals surface area (Å²) in [4.78, 5) is 14.2. The Kier molecular flexibility index (Phi) is 4.12. The molecule has 0 bridgehead atoms. The molecule has 0 spiro atoms. The molecule has 4 nitrogen and oxygen atoms in total. The molecule has 0 aromatic heterocycles. The van der Waals surface area contributed by atoms with Crippen LogP contribution in [-0.2, 0) is 0 Å². The van der Waals surface area contributed by atoms with E-state index in [9.17, 15) is 9.90 Å². The van der Waals surface area contributed by atoms with Gasteiger partial charge >= 0.3 is 0 Å². The number of aryl methyl sites for hydroxylation is 1. The van der Waals surface area contributed by atoms with Crippen LogP contribution in [0.4, 0.5) is 0 Å². The first kappa shape index (κ1) is 14.6. The maximum absolute atomic E-state index is 12.5. The summed E-state index contributed by atoms with van der Waals surface area (Å²) in [7, 11) is 0. The van der Waals surface area contributed by atoms with Crippen LogP contribution in [0.2, 0.25) is 0 Å². The third-order valence-electron chi connectivity index (χ3n) is 3.47. The van der Waals surface area contributed by atoms with Crippen molar-refractivity contribution in [1.29, 1.82) is 0 Å². The van der Waals surface area contributed by atoms with Crippen LogP contribution in [0.1, 0.15) is 34.8 Å². The van der Waals surface area contributed by atoms with Gasteiger partial charge in [0.15, 0.2) is 0 Å². The molecule has 1 unspecified atom stereocenters. The van der Waals surface area contributed by atoms with E-state index < -0.39 is 5.60 Å². The minimum absolute atomic E-state index is 0.0795. The van der Waals surface area contributed by atoms with Crippen molar-refractivity contribution < 1.29 is 9.90 Å². The van der Waals surface area contributed by atoms with Crippen LogP contribution < -0.4 is 5.73 Å². The van der Waals surface area contributed by atoms with E-state index >= 15 is 0 Å². The third kappa shape index (κ3) is 3.19. The number of hydrogen-bond donors (Lipinski definition) is 2. The predicted octanol–water partition coefficient (Wildman–Crippen LogP) is 0.902. The molecule has 1 aliphatic rings. The van der Waals surface area contributed by atoms with Crippen molar-refractivity contribution in [2.24, 2.45) is 5.73 Å². The topological polar surface area (TPSA) is 66.6 Å². The van der Waals surface area contributed by atoms with Gasteiger partial charge in [-0.3, -0.25) is 4.79 Å². The van der Waals surface area contributed by atoms with E-state index in [1.54, 1.807) is 17.9 Å². The Labute approximate surface area is 119 Å². The first-order valence-electron chi connectivity index (χ1n) is 6.74. The number of carbonyl (C=O) groups excluding carboxylic acids is 1. The normalized spacial score (nSPS) is 21.5. The number of rotatable bonds is 1. The lowest BCUT2D eigenvalue weighted by Crippen LogP contribution is -2.34. The molecule has 1 aromatic carbocycles. The monoisotopic (exact) mass is 272 g/mol. The zero-order valence-electron chi connectivity index (χ0n) is 11.9. The maximum Gasteiger partial charge on any atom is 0.255 e. The second-order valence-electron chi connectivity index (χ2n) is 5.53. The fraction of sp³-hybridized carbons (Fsp3) is 0.438. The van der Waals surface area contributed by atoms with Crippen molar-refractivity contribution in [3.05, 3.63) is 34.9 Å². The van der Waals surface area contributed by atoms with E-state index in [1.165, 1.54) is 0 Å². The molecule has 1 saturated heterocycles. The zero-order valence-corrected chi connectivity index (χ0v) is 11.9. The van der Waals surface area contributed by atoms with Crippen molar-refractivity contribution >= 4 is 5.91 Å². The Morgan fingerprint density at radius 1 is 1.55 bits per heavy atom. The SMILES string of the molecule is Cc1ccc(C(=O)N2CCC(C)(O)C2)c(C#CCN)c1. The quantitative estimate of drug-likeness (QED) is 0.747. The van der Waals surface area contributed by atoms with E-state index in [0.29, 0.717) is 30.6 Å². The lowest BCUT2D eigenvalue weighted by atomic mass is 10.0. The van der Waals surface area contributed by atoms with Crippen molar-refractivity contribution in [3.63, 3.8) is 0 Å². The molecule has 0 radical (unpaired) electrons. The van der Waals surface area contributed by atoms with Gasteiger partial charge in [0.1, 0.15) is 0 Å². The summed E-state index contributed by atoms with van der Waals surface area (Å²) in [5.41, 5.74) is 6.94. The maximum atomic E-state index is 12.5. The lowest BCUT2D eigenvalue weighted by molar-refractivity contribution is 0.0572. The summed E-state index contributed by atoms with van der Waals surface area (Å²) in [6.45, 7) is 4.92. The Morgan fingerprint density at radius 2 is 2.30 bits per heavy atom. The van der Waals surface area contributed by atoms with Gasteiger partial charge in [-0.2, -0.15) is 0 Å². The van der Waals surface area contributed by atoms with E-state index in [-0.39, 0.29) is 12.5 Å². The van der Waals surface area contributed by atoms with Crippen molar-refractivity contribution in [2.75, 3.05) is 19.6 Å². The van der Waals surface area contributed by atoms with Gasteiger partial charge in [0.25, 0.3) is 5.91 Å². The van der Waals surface area contributed by atoms with Gasteiger partial charge in [-0.25, -0.2) is 0 Å². The summed E-state index contributed by atoms with van der Waals surface area (Å²) < 4.78 is 0. The molecule has 3 N–H and O–H groups in total. The molecule has 1 fully saturated rings. The first-order chi connectivity index (χ1) is 9.43. The van der Waals surface area contributed by atoms with E-state index in [4.69, 9.17) is 5.73 Å². The summed E-state index contributed by atoms with van der Waals surface area (Å²) in [5.74, 6) is 5.67. The molecule has 1 amide bonds. The molecular formula is C16H20N2O2. The molecular weight excluding hydrogens is 252 g/mol. The van der Waals surface area contributed by atoms with Gasteiger partial charge in [-0.1, -0.05) is 17.9 Å². The minimum atomic E-state index is -0.788. The van der Waals surface area contributed by atoms with Crippen molar-refractivity contribution in [1.82, 2.24) is 4.90 Å². The van der Waals surface area contributed by atoms with Gasteiger partial charge in [0.2, 0.25) is 0 Å². The number of nitrogens with two attached hydrogens (primary N) is 1. The van der Waals surface area contributed by atoms with Gasteiger partial charge < -0.3 is 15.7 Å². The molecule has 1 heterocycles. The van der Waals surface area contributed by atoms with Crippen LogP contribution in [0.3, 0.4) is 0 Å². The fourth-order valence-corrected chi connectivity index (χ4v) is 2.38. The highest BCUT2D eigenvalue weighted by Gasteiger charge is 2.34. The van der Waals surface area contributed by atoms with Gasteiger partial charge in [0.05, 0.1) is 17.7 Å². The summed E-state index contributed by atoms with van der Waals surface area (Å²) >= 11 is 0. The number of hydrogen-bond acceptors (Lipinski definition) is 3. The molecule has 2 rings (SSSR count). The van der Waals surface area contributed by atoms with Crippen molar-refractivity contribution in [2.45, 2.75) is 25.9 Å². The number of amides is 1. The molecule has 4 heteroatoms. The minimum Gasteiger partial charge on any atom is -0.388 e. The summed E-state index contributed by atoms with van der Waals surface area (Å²) in [6.07, 6.45) is 0.606. The van der Waals surface area contributed by atoms with Crippen LogP contribution in [0.15, 0.2) is 18.2 Å². The standard InChI is InChI=1S/C16H20N2O2/c1-12-5-6-14(13(10-12)4-3-8-17)15(19)18-9-7-16(2,20)11-18/h5-6,10,20H,7-9,11,17H2,1-2H3. The number of β-amino-alcohol motifs (C(OH)–C–C–N with tert-alkyl or cyclic N) is 1.